The average molecular weight is 278 g/mol. The number of hydrogen-bond donors (Lipinski definition) is 2. The van der Waals surface area contributed by atoms with Gasteiger partial charge in [0.25, 0.3) is 0 Å². The Morgan fingerprint density at radius 1 is 1.25 bits per heavy atom. The number of piperidine rings is 1. The van der Waals surface area contributed by atoms with Gasteiger partial charge in [-0.2, -0.15) is 0 Å². The Labute approximate surface area is 119 Å². The van der Waals surface area contributed by atoms with E-state index in [1.54, 1.807) is 0 Å². The number of hydrogen-bond acceptors (Lipinski definition) is 5. The molecule has 0 aliphatic carbocycles. The van der Waals surface area contributed by atoms with Crippen LogP contribution in [-0.2, 0) is 0 Å². The second-order valence-corrected chi connectivity index (χ2v) is 5.73. The Balaban J connectivity index is 1.81. The summed E-state index contributed by atoms with van der Waals surface area (Å²) in [7, 11) is 0. The Hall–Kier alpha value is -1.46. The van der Waals surface area contributed by atoms with Crippen LogP contribution in [0.5, 0.6) is 11.5 Å². The molecule has 1 saturated heterocycles. The van der Waals surface area contributed by atoms with Crippen molar-refractivity contribution in [1.82, 2.24) is 0 Å². The van der Waals surface area contributed by atoms with Gasteiger partial charge in [0, 0.05) is 36.8 Å². The summed E-state index contributed by atoms with van der Waals surface area (Å²) in [4.78, 5) is 2.23. The van der Waals surface area contributed by atoms with Gasteiger partial charge >= 0.3 is 0 Å². The molecule has 2 aliphatic rings. The lowest BCUT2D eigenvalue weighted by Gasteiger charge is -2.39. The minimum absolute atomic E-state index is 0.0940. The number of anilines is 1. The van der Waals surface area contributed by atoms with E-state index in [1.165, 1.54) is 0 Å². The molecule has 0 radical (unpaired) electrons. The minimum Gasteiger partial charge on any atom is -0.486 e. The molecule has 110 valence electrons. The molecule has 3 atom stereocenters. The summed E-state index contributed by atoms with van der Waals surface area (Å²) in [5.74, 6) is 1.81. The van der Waals surface area contributed by atoms with Gasteiger partial charge in [0.1, 0.15) is 13.2 Å². The summed E-state index contributed by atoms with van der Waals surface area (Å²) in [5, 5.41) is 9.82. The molecule has 3 rings (SSSR count). The Kier molecular flexibility index (Phi) is 3.72. The molecule has 3 N–H and O–H groups in total. The molecule has 0 spiro atoms. The van der Waals surface area contributed by atoms with Crippen LogP contribution in [0.4, 0.5) is 5.69 Å². The lowest BCUT2D eigenvalue weighted by molar-refractivity contribution is 0.110. The van der Waals surface area contributed by atoms with Gasteiger partial charge in [-0.15, -0.1) is 0 Å². The molecule has 1 aromatic carbocycles. The van der Waals surface area contributed by atoms with E-state index in [0.717, 1.165) is 36.7 Å². The third kappa shape index (κ3) is 2.69. The summed E-state index contributed by atoms with van der Waals surface area (Å²) < 4.78 is 11.2. The minimum atomic E-state index is -0.332. The lowest BCUT2D eigenvalue weighted by atomic mass is 9.90. The van der Waals surface area contributed by atoms with E-state index in [2.05, 4.69) is 4.90 Å². The van der Waals surface area contributed by atoms with Crippen LogP contribution in [0, 0.1) is 5.92 Å². The van der Waals surface area contributed by atoms with Crippen LogP contribution in [0.25, 0.3) is 0 Å². The summed E-state index contributed by atoms with van der Waals surface area (Å²) >= 11 is 0. The highest BCUT2D eigenvalue weighted by atomic mass is 16.6. The first-order chi connectivity index (χ1) is 9.63. The van der Waals surface area contributed by atoms with E-state index in [9.17, 15) is 5.11 Å². The number of nitrogens with two attached hydrogens (primary N) is 1. The molecular weight excluding hydrogens is 256 g/mol. The summed E-state index contributed by atoms with van der Waals surface area (Å²) in [6, 6.07) is 6.08. The van der Waals surface area contributed by atoms with Gasteiger partial charge in [-0.05, 0) is 25.5 Å². The van der Waals surface area contributed by atoms with Crippen molar-refractivity contribution in [3.05, 3.63) is 18.2 Å². The predicted octanol–water partition coefficient (Wildman–Crippen LogP) is 0.992. The average Bonchev–Trinajstić information content (AvgIpc) is 2.46. The van der Waals surface area contributed by atoms with Crippen molar-refractivity contribution in [2.45, 2.75) is 25.5 Å². The largest absolute Gasteiger partial charge is 0.486 e. The van der Waals surface area contributed by atoms with Crippen LogP contribution in [-0.4, -0.2) is 43.6 Å². The van der Waals surface area contributed by atoms with Crippen LogP contribution in [0.3, 0.4) is 0 Å². The fraction of sp³-hybridized carbons (Fsp3) is 0.600. The maximum Gasteiger partial charge on any atom is 0.163 e. The molecule has 0 aromatic heterocycles. The first-order valence-corrected chi connectivity index (χ1v) is 7.21. The number of rotatable bonds is 2. The third-order valence-corrected chi connectivity index (χ3v) is 4.09. The molecule has 3 unspecified atom stereocenters. The quantitative estimate of drug-likeness (QED) is 0.844. The van der Waals surface area contributed by atoms with Crippen LogP contribution >= 0.6 is 0 Å². The summed E-state index contributed by atoms with van der Waals surface area (Å²) in [6.45, 7) is 4.66. The molecule has 5 heteroatoms. The zero-order valence-electron chi connectivity index (χ0n) is 11.8. The van der Waals surface area contributed by atoms with Gasteiger partial charge in [-0.25, -0.2) is 0 Å². The second-order valence-electron chi connectivity index (χ2n) is 5.73. The van der Waals surface area contributed by atoms with Crippen molar-refractivity contribution in [2.24, 2.45) is 11.7 Å². The SMILES string of the molecule is CC(O)C1CC(N)CN(c2ccc3c(c2)OCCO3)C1. The third-order valence-electron chi connectivity index (χ3n) is 4.09. The maximum absolute atomic E-state index is 9.82. The number of nitrogens with zero attached hydrogens (tertiary/aromatic N) is 1. The molecule has 2 heterocycles. The first kappa shape index (κ1) is 13.5. The fourth-order valence-electron chi connectivity index (χ4n) is 2.97. The molecule has 1 aromatic rings. The smallest absolute Gasteiger partial charge is 0.163 e. The Bertz CT molecular complexity index is 478. The number of aliphatic hydroxyl groups is 1. The van der Waals surface area contributed by atoms with E-state index in [0.29, 0.717) is 13.2 Å². The molecule has 0 bridgehead atoms. The van der Waals surface area contributed by atoms with Crippen molar-refractivity contribution >= 4 is 5.69 Å². The zero-order chi connectivity index (χ0) is 14.1. The van der Waals surface area contributed by atoms with Crippen molar-refractivity contribution in [1.29, 1.82) is 0 Å². The van der Waals surface area contributed by atoms with E-state index >= 15 is 0 Å². The number of ether oxygens (including phenoxy) is 2. The van der Waals surface area contributed by atoms with E-state index in [4.69, 9.17) is 15.2 Å². The topological polar surface area (TPSA) is 68.0 Å². The molecule has 1 fully saturated rings. The first-order valence-electron chi connectivity index (χ1n) is 7.21. The Morgan fingerprint density at radius 2 is 2.00 bits per heavy atom. The molecule has 2 aliphatic heterocycles. The monoisotopic (exact) mass is 278 g/mol. The van der Waals surface area contributed by atoms with Crippen LogP contribution in [0.15, 0.2) is 18.2 Å². The highest BCUT2D eigenvalue weighted by Gasteiger charge is 2.28. The normalized spacial score (nSPS) is 27.2. The van der Waals surface area contributed by atoms with Crippen LogP contribution in [0.2, 0.25) is 0 Å². The lowest BCUT2D eigenvalue weighted by Crippen LogP contribution is -2.49. The van der Waals surface area contributed by atoms with Gasteiger partial charge in [0.15, 0.2) is 11.5 Å². The molecule has 5 nitrogen and oxygen atoms in total. The highest BCUT2D eigenvalue weighted by molar-refractivity contribution is 5.57. The molecular formula is C15H22N2O3. The number of fused-ring (bicyclic) bond motifs is 1. The Morgan fingerprint density at radius 3 is 2.75 bits per heavy atom. The van der Waals surface area contributed by atoms with Crippen molar-refractivity contribution in [3.63, 3.8) is 0 Å². The number of aliphatic hydroxyl groups excluding tert-OH is 1. The summed E-state index contributed by atoms with van der Waals surface area (Å²) in [5.41, 5.74) is 7.20. The van der Waals surface area contributed by atoms with E-state index in [-0.39, 0.29) is 18.1 Å². The molecule has 20 heavy (non-hydrogen) atoms. The van der Waals surface area contributed by atoms with Gasteiger partial charge < -0.3 is 25.2 Å². The molecule has 0 saturated carbocycles. The fourth-order valence-corrected chi connectivity index (χ4v) is 2.97. The maximum atomic E-state index is 9.82. The van der Waals surface area contributed by atoms with Crippen molar-refractivity contribution < 1.29 is 14.6 Å². The summed E-state index contributed by atoms with van der Waals surface area (Å²) in [6.07, 6.45) is 0.541. The predicted molar refractivity (Wildman–Crippen MR) is 77.4 cm³/mol. The number of benzene rings is 1. The highest BCUT2D eigenvalue weighted by Crippen LogP contribution is 2.35. The van der Waals surface area contributed by atoms with Gasteiger partial charge in [0.05, 0.1) is 6.10 Å². The van der Waals surface area contributed by atoms with Crippen LogP contribution in [0.1, 0.15) is 13.3 Å². The van der Waals surface area contributed by atoms with Gasteiger partial charge in [-0.3, -0.25) is 0 Å². The molecule has 0 amide bonds. The second kappa shape index (κ2) is 5.50. The van der Waals surface area contributed by atoms with E-state index in [1.807, 2.05) is 25.1 Å². The zero-order valence-corrected chi connectivity index (χ0v) is 11.8. The van der Waals surface area contributed by atoms with Gasteiger partial charge in [-0.1, -0.05) is 0 Å². The van der Waals surface area contributed by atoms with E-state index < -0.39 is 0 Å². The van der Waals surface area contributed by atoms with Crippen LogP contribution < -0.4 is 20.1 Å². The van der Waals surface area contributed by atoms with Crippen molar-refractivity contribution in [3.8, 4) is 11.5 Å². The standard InChI is InChI=1S/C15H22N2O3/c1-10(18)11-6-12(16)9-17(8-11)13-2-3-14-15(7-13)20-5-4-19-14/h2-3,7,10-12,18H,4-6,8-9,16H2,1H3. The van der Waals surface area contributed by atoms with Gasteiger partial charge in [0.2, 0.25) is 0 Å². The van der Waals surface area contributed by atoms with Crippen molar-refractivity contribution in [2.75, 3.05) is 31.2 Å².